The molecule has 0 bridgehead atoms. The highest BCUT2D eigenvalue weighted by Gasteiger charge is 2.26. The zero-order valence-electron chi connectivity index (χ0n) is 39.6. The van der Waals surface area contributed by atoms with Gasteiger partial charge in [0, 0.05) is 53.9 Å². The topological polar surface area (TPSA) is 35.9 Å². The molecule has 11 rings (SSSR count). The van der Waals surface area contributed by atoms with Crippen LogP contribution in [-0.4, -0.2) is 14.1 Å². The summed E-state index contributed by atoms with van der Waals surface area (Å²) in [4.78, 5) is 4.76. The Morgan fingerprint density at radius 3 is 1.89 bits per heavy atom. The number of para-hydroxylation sites is 4. The van der Waals surface area contributed by atoms with Crippen molar-refractivity contribution in [2.24, 2.45) is 0 Å². The van der Waals surface area contributed by atoms with E-state index in [0.717, 1.165) is 66.5 Å². The Hall–Kier alpha value is -8.02. The SMILES string of the molecule is [2H]C([2H])([2H])C(c1ccccc1)(c1ccnc(-n2c3ccccc3c3ccc(Oc4cccc(-n5c[n+](-c6c(-c7ccccc7)cccc6-c6ccccc6)c6ccccc65)c4)cc32)c1)C([2H])([2H])[2H]. The molecule has 8 aromatic carbocycles. The monoisotopic (exact) mass is 805 g/mol. The van der Waals surface area contributed by atoms with Gasteiger partial charge in [-0.2, -0.15) is 9.13 Å². The van der Waals surface area contributed by atoms with E-state index in [1.807, 2.05) is 77.4 Å². The van der Waals surface area contributed by atoms with Crippen LogP contribution in [-0.2, 0) is 5.41 Å². The summed E-state index contributed by atoms with van der Waals surface area (Å²) in [5.74, 6) is 1.56. The van der Waals surface area contributed by atoms with Crippen molar-refractivity contribution in [2.45, 2.75) is 19.1 Å². The maximum atomic E-state index is 8.77. The smallest absolute Gasteiger partial charge is 0.255 e. The number of ether oxygens (including phenoxy) is 1. The Morgan fingerprint density at radius 1 is 0.516 bits per heavy atom. The minimum atomic E-state index is -2.94. The number of hydrogen-bond acceptors (Lipinski definition) is 2. The predicted molar refractivity (Wildman–Crippen MR) is 253 cm³/mol. The second kappa shape index (κ2) is 15.2. The van der Waals surface area contributed by atoms with Crippen molar-refractivity contribution >= 4 is 32.8 Å². The normalized spacial score (nSPS) is 13.5. The molecule has 0 amide bonds. The third-order valence-corrected chi connectivity index (χ3v) is 11.7. The van der Waals surface area contributed by atoms with Gasteiger partial charge in [-0.1, -0.05) is 159 Å². The van der Waals surface area contributed by atoms with Gasteiger partial charge in [0.15, 0.2) is 11.0 Å². The van der Waals surface area contributed by atoms with Crippen LogP contribution in [0.25, 0.3) is 72.3 Å². The summed E-state index contributed by atoms with van der Waals surface area (Å²) in [5, 5.41) is 1.87. The molecule has 3 aromatic heterocycles. The van der Waals surface area contributed by atoms with Crippen LogP contribution in [0.1, 0.15) is 33.1 Å². The molecule has 62 heavy (non-hydrogen) atoms. The molecule has 0 spiro atoms. The van der Waals surface area contributed by atoms with Crippen molar-refractivity contribution in [3.8, 4) is 50.9 Å². The van der Waals surface area contributed by atoms with E-state index in [4.69, 9.17) is 17.9 Å². The number of hydrogen-bond donors (Lipinski definition) is 0. The zero-order valence-corrected chi connectivity index (χ0v) is 33.6. The van der Waals surface area contributed by atoms with Crippen molar-refractivity contribution in [1.29, 1.82) is 0 Å². The summed E-state index contributed by atoms with van der Waals surface area (Å²) in [6.07, 6.45) is 3.64. The molecule has 5 nitrogen and oxygen atoms in total. The van der Waals surface area contributed by atoms with E-state index >= 15 is 0 Å². The molecular formula is C57H43N4O+. The number of imidazole rings is 1. The highest BCUT2D eigenvalue weighted by atomic mass is 16.5. The molecule has 0 fully saturated rings. The van der Waals surface area contributed by atoms with E-state index in [-0.39, 0.29) is 11.1 Å². The molecule has 0 radical (unpaired) electrons. The summed E-state index contributed by atoms with van der Waals surface area (Å²) in [7, 11) is 0. The Morgan fingerprint density at radius 2 is 1.15 bits per heavy atom. The maximum Gasteiger partial charge on any atom is 0.255 e. The fraction of sp³-hybridized carbons (Fsp3) is 0.0526. The first kappa shape index (κ1) is 30.9. The fourth-order valence-corrected chi connectivity index (χ4v) is 8.72. The Balaban J connectivity index is 1.02. The number of aromatic nitrogens is 4. The predicted octanol–water partition coefficient (Wildman–Crippen LogP) is 13.9. The van der Waals surface area contributed by atoms with Gasteiger partial charge in [0.25, 0.3) is 6.33 Å². The standard InChI is InChI=1S/C57H43N4O/c1-57(2,42-22-10-5-11-23-42)43-34-35-58-55(36-43)61-51-29-13-12-26-49(51)50-33-32-46(38-54(50)61)62-45-25-16-24-44(37-45)59-39-60(53-31-15-14-30-52(53)59)56-47(40-18-6-3-7-19-40)27-17-28-48(56)41-20-8-4-9-21-41/h3-39H,1-2H3/q+1/i1D3,2D3. The van der Waals surface area contributed by atoms with Crippen LogP contribution in [0.15, 0.2) is 225 Å². The highest BCUT2D eigenvalue weighted by Crippen LogP contribution is 2.38. The number of rotatable bonds is 9. The van der Waals surface area contributed by atoms with Gasteiger partial charge in [-0.15, -0.1) is 0 Å². The Kier molecular flexibility index (Phi) is 7.60. The average molecular weight is 806 g/mol. The van der Waals surface area contributed by atoms with Crippen LogP contribution in [0.2, 0.25) is 0 Å². The summed E-state index contributed by atoms with van der Waals surface area (Å²) in [5.41, 5.74) is 7.99. The van der Waals surface area contributed by atoms with Crippen LogP contribution >= 0.6 is 0 Å². The molecule has 11 aromatic rings. The van der Waals surface area contributed by atoms with Gasteiger partial charge in [-0.05, 0) is 76.9 Å². The van der Waals surface area contributed by atoms with Crippen LogP contribution in [0.5, 0.6) is 11.5 Å². The van der Waals surface area contributed by atoms with Gasteiger partial charge in [0.2, 0.25) is 0 Å². The first-order valence-corrected chi connectivity index (χ1v) is 20.6. The third-order valence-electron chi connectivity index (χ3n) is 11.7. The van der Waals surface area contributed by atoms with Gasteiger partial charge >= 0.3 is 0 Å². The molecule has 0 aliphatic carbocycles. The molecule has 0 unspecified atom stereocenters. The maximum absolute atomic E-state index is 8.77. The highest BCUT2D eigenvalue weighted by molar-refractivity contribution is 6.09. The molecule has 0 saturated carbocycles. The lowest BCUT2D eigenvalue weighted by atomic mass is 9.78. The molecule has 0 aliphatic heterocycles. The van der Waals surface area contributed by atoms with Gasteiger partial charge in [0.05, 0.1) is 11.0 Å². The van der Waals surface area contributed by atoms with Crippen LogP contribution < -0.4 is 9.30 Å². The van der Waals surface area contributed by atoms with Crippen molar-refractivity contribution in [1.82, 2.24) is 14.1 Å². The zero-order chi connectivity index (χ0) is 46.6. The minimum Gasteiger partial charge on any atom is -0.457 e. The first-order valence-electron chi connectivity index (χ1n) is 23.6. The number of benzene rings is 8. The molecule has 296 valence electrons. The van der Waals surface area contributed by atoms with E-state index in [1.165, 1.54) is 12.3 Å². The summed E-state index contributed by atoms with van der Waals surface area (Å²) >= 11 is 0. The van der Waals surface area contributed by atoms with Crippen LogP contribution in [0, 0.1) is 0 Å². The van der Waals surface area contributed by atoms with E-state index in [2.05, 4.69) is 113 Å². The molecular weight excluding hydrogens is 757 g/mol. The fourth-order valence-electron chi connectivity index (χ4n) is 8.72. The van der Waals surface area contributed by atoms with E-state index in [1.54, 1.807) is 36.4 Å². The largest absolute Gasteiger partial charge is 0.457 e. The number of fused-ring (bicyclic) bond motifs is 4. The van der Waals surface area contributed by atoms with Crippen molar-refractivity contribution in [3.63, 3.8) is 0 Å². The van der Waals surface area contributed by atoms with Crippen LogP contribution in [0.3, 0.4) is 0 Å². The van der Waals surface area contributed by atoms with E-state index in [0.29, 0.717) is 17.3 Å². The van der Waals surface area contributed by atoms with Crippen LogP contribution in [0.4, 0.5) is 0 Å². The Bertz CT molecular complexity index is 3570. The minimum absolute atomic E-state index is 0.113. The van der Waals surface area contributed by atoms with Gasteiger partial charge < -0.3 is 4.74 Å². The number of nitrogens with zero attached hydrogens (tertiary/aromatic N) is 4. The van der Waals surface area contributed by atoms with Gasteiger partial charge in [-0.3, -0.25) is 4.57 Å². The van der Waals surface area contributed by atoms with Crippen molar-refractivity contribution in [2.75, 3.05) is 0 Å². The lowest BCUT2D eigenvalue weighted by Gasteiger charge is -2.26. The molecule has 0 aliphatic rings. The summed E-state index contributed by atoms with van der Waals surface area (Å²) in [6.45, 7) is -5.89. The second-order valence-electron chi connectivity index (χ2n) is 15.4. The van der Waals surface area contributed by atoms with E-state index in [9.17, 15) is 0 Å². The number of pyridine rings is 1. The van der Waals surface area contributed by atoms with Crippen molar-refractivity contribution < 1.29 is 17.5 Å². The average Bonchev–Trinajstić information content (AvgIpc) is 3.90. The summed E-state index contributed by atoms with van der Waals surface area (Å²) < 4.78 is 65.7. The molecule has 0 saturated heterocycles. The third kappa shape index (κ3) is 6.43. The molecule has 0 atom stereocenters. The lowest BCUT2D eigenvalue weighted by Crippen LogP contribution is -2.30. The second-order valence-corrected chi connectivity index (χ2v) is 15.4. The van der Waals surface area contributed by atoms with E-state index < -0.39 is 19.1 Å². The first-order chi connectivity index (χ1) is 33.0. The lowest BCUT2D eigenvalue weighted by molar-refractivity contribution is -0.566. The molecule has 3 heterocycles. The van der Waals surface area contributed by atoms with Gasteiger partial charge in [0.1, 0.15) is 28.7 Å². The molecule has 0 N–H and O–H groups in total. The summed E-state index contributed by atoms with van der Waals surface area (Å²) in [6, 6.07) is 68.9. The molecule has 5 heteroatoms. The van der Waals surface area contributed by atoms with Crippen molar-refractivity contribution in [3.05, 3.63) is 236 Å². The Labute approximate surface area is 369 Å². The van der Waals surface area contributed by atoms with Gasteiger partial charge in [-0.25, -0.2) is 4.98 Å². The quantitative estimate of drug-likeness (QED) is 0.136.